The normalized spacial score (nSPS) is 12.8. The molecule has 7 nitrogen and oxygen atoms in total. The van der Waals surface area contributed by atoms with Gasteiger partial charge in [-0.25, -0.2) is 25.9 Å². The fourth-order valence-electron chi connectivity index (χ4n) is 1.33. The molecule has 0 saturated heterocycles. The number of nitrogens with two attached hydrogens (primary N) is 1. The van der Waals surface area contributed by atoms with Gasteiger partial charge in [-0.15, -0.1) is 0 Å². The maximum absolute atomic E-state index is 12.0. The molecule has 0 atom stereocenters. The van der Waals surface area contributed by atoms with E-state index >= 15 is 0 Å². The first kappa shape index (κ1) is 17.4. The van der Waals surface area contributed by atoms with E-state index in [2.05, 4.69) is 20.7 Å². The number of rotatable bonds is 6. The number of hydrogen-bond acceptors (Lipinski definition) is 5. The first-order chi connectivity index (χ1) is 9.06. The Labute approximate surface area is 127 Å². The molecule has 20 heavy (non-hydrogen) atoms. The topological polar surface area (TPSA) is 110 Å². The maximum atomic E-state index is 12.0. The standard InChI is InChI=1S/C10H16BrN3O4S2/c1-14(2)19(15,16)6-5-13-20(17,18)10-4-3-8(11)7-9(10)12/h3-4,7,13H,5-6,12H2,1-2H3. The first-order valence-corrected chi connectivity index (χ1v) is 9.40. The van der Waals surface area contributed by atoms with Crippen LogP contribution in [-0.4, -0.2) is 47.5 Å². The lowest BCUT2D eigenvalue weighted by molar-refractivity contribution is 0.519. The van der Waals surface area contributed by atoms with Crippen molar-refractivity contribution in [2.24, 2.45) is 0 Å². The molecule has 0 saturated carbocycles. The van der Waals surface area contributed by atoms with Gasteiger partial charge in [0.25, 0.3) is 0 Å². The SMILES string of the molecule is CN(C)S(=O)(=O)CCNS(=O)(=O)c1ccc(Br)cc1N. The zero-order valence-corrected chi connectivity index (χ0v) is 14.2. The van der Waals surface area contributed by atoms with Gasteiger partial charge in [-0.2, -0.15) is 0 Å². The monoisotopic (exact) mass is 385 g/mol. The average molecular weight is 386 g/mol. The fraction of sp³-hybridized carbons (Fsp3) is 0.400. The summed E-state index contributed by atoms with van der Waals surface area (Å²) in [7, 11) is -4.52. The highest BCUT2D eigenvalue weighted by Crippen LogP contribution is 2.22. The minimum atomic E-state index is -3.83. The Kier molecular flexibility index (Phi) is 5.55. The number of nitrogens with one attached hydrogen (secondary N) is 1. The molecule has 0 radical (unpaired) electrons. The van der Waals surface area contributed by atoms with Crippen molar-refractivity contribution in [2.45, 2.75) is 4.90 Å². The van der Waals surface area contributed by atoms with Gasteiger partial charge in [0, 0.05) is 25.1 Å². The largest absolute Gasteiger partial charge is 0.398 e. The lowest BCUT2D eigenvalue weighted by Gasteiger charge is -2.12. The summed E-state index contributed by atoms with van der Waals surface area (Å²) in [5, 5.41) is 0. The number of anilines is 1. The van der Waals surface area contributed by atoms with Crippen LogP contribution in [0.15, 0.2) is 27.6 Å². The highest BCUT2D eigenvalue weighted by atomic mass is 79.9. The molecule has 1 rings (SSSR count). The lowest BCUT2D eigenvalue weighted by Crippen LogP contribution is -2.34. The van der Waals surface area contributed by atoms with Crippen molar-refractivity contribution in [3.05, 3.63) is 22.7 Å². The highest BCUT2D eigenvalue weighted by Gasteiger charge is 2.19. The molecule has 0 aliphatic carbocycles. The van der Waals surface area contributed by atoms with Crippen molar-refractivity contribution in [1.82, 2.24) is 9.03 Å². The number of sulfonamides is 2. The minimum Gasteiger partial charge on any atom is -0.398 e. The number of benzene rings is 1. The molecule has 114 valence electrons. The zero-order valence-electron chi connectivity index (χ0n) is 11.0. The summed E-state index contributed by atoms with van der Waals surface area (Å²) < 4.78 is 51.0. The van der Waals surface area contributed by atoms with Crippen LogP contribution in [0, 0.1) is 0 Å². The molecule has 0 heterocycles. The number of halogens is 1. The van der Waals surface area contributed by atoms with E-state index in [1.54, 1.807) is 6.07 Å². The summed E-state index contributed by atoms with van der Waals surface area (Å²) in [5.74, 6) is -0.324. The molecule has 3 N–H and O–H groups in total. The van der Waals surface area contributed by atoms with E-state index in [0.717, 1.165) is 4.31 Å². The van der Waals surface area contributed by atoms with E-state index in [1.807, 2.05) is 0 Å². The second-order valence-corrected chi connectivity index (χ2v) is 9.13. The molecule has 10 heteroatoms. The van der Waals surface area contributed by atoms with E-state index in [-0.39, 0.29) is 22.9 Å². The summed E-state index contributed by atoms with van der Waals surface area (Å²) in [6.45, 7) is -0.224. The first-order valence-electron chi connectivity index (χ1n) is 5.51. The summed E-state index contributed by atoms with van der Waals surface area (Å²) in [4.78, 5) is -0.0806. The van der Waals surface area contributed by atoms with Gasteiger partial charge in [-0.1, -0.05) is 15.9 Å². The second-order valence-electron chi connectivity index (χ2n) is 4.18. The van der Waals surface area contributed by atoms with Gasteiger partial charge < -0.3 is 5.73 Å². The van der Waals surface area contributed by atoms with Gasteiger partial charge in [-0.3, -0.25) is 0 Å². The Morgan fingerprint density at radius 1 is 1.25 bits per heavy atom. The smallest absolute Gasteiger partial charge is 0.242 e. The van der Waals surface area contributed by atoms with E-state index in [0.29, 0.717) is 4.47 Å². The molecular formula is C10H16BrN3O4S2. The molecule has 0 unspecified atom stereocenters. The molecule has 1 aromatic rings. The van der Waals surface area contributed by atoms with Gasteiger partial charge in [0.1, 0.15) is 4.90 Å². The van der Waals surface area contributed by atoms with Crippen molar-refractivity contribution in [3.63, 3.8) is 0 Å². The molecule has 0 spiro atoms. The molecular weight excluding hydrogens is 370 g/mol. The Bertz CT molecular complexity index is 686. The van der Waals surface area contributed by atoms with Crippen LogP contribution in [0.5, 0.6) is 0 Å². The van der Waals surface area contributed by atoms with Crippen molar-refractivity contribution in [1.29, 1.82) is 0 Å². The van der Waals surface area contributed by atoms with Crippen LogP contribution in [0.1, 0.15) is 0 Å². The predicted molar refractivity (Wildman–Crippen MR) is 81.2 cm³/mol. The second kappa shape index (κ2) is 6.39. The average Bonchev–Trinajstić information content (AvgIpc) is 2.27. The van der Waals surface area contributed by atoms with Crippen molar-refractivity contribution in [3.8, 4) is 0 Å². The summed E-state index contributed by atoms with van der Waals surface area (Å²) in [5.41, 5.74) is 5.72. The van der Waals surface area contributed by atoms with E-state index < -0.39 is 20.0 Å². The van der Waals surface area contributed by atoms with Gasteiger partial charge in [0.2, 0.25) is 20.0 Å². The molecule has 0 fully saturated rings. The molecule has 0 aliphatic rings. The molecule has 0 bridgehead atoms. The Hall–Kier alpha value is -0.680. The third kappa shape index (κ3) is 4.42. The fourth-order valence-corrected chi connectivity index (χ4v) is 3.71. The summed E-state index contributed by atoms with van der Waals surface area (Å²) in [6, 6.07) is 4.36. The Balaban J connectivity index is 2.82. The van der Waals surface area contributed by atoms with Crippen LogP contribution in [0.3, 0.4) is 0 Å². The van der Waals surface area contributed by atoms with E-state index in [9.17, 15) is 16.8 Å². The van der Waals surface area contributed by atoms with Crippen LogP contribution in [0.4, 0.5) is 5.69 Å². The van der Waals surface area contributed by atoms with E-state index in [4.69, 9.17) is 5.73 Å². The van der Waals surface area contributed by atoms with Crippen LogP contribution in [-0.2, 0) is 20.0 Å². The van der Waals surface area contributed by atoms with Crippen LogP contribution in [0.2, 0.25) is 0 Å². The summed E-state index contributed by atoms with van der Waals surface area (Å²) in [6.07, 6.45) is 0. The number of nitrogens with zero attached hydrogens (tertiary/aromatic N) is 1. The minimum absolute atomic E-state index is 0.0806. The van der Waals surface area contributed by atoms with E-state index in [1.165, 1.54) is 26.2 Å². The quantitative estimate of drug-likeness (QED) is 0.679. The van der Waals surface area contributed by atoms with Gasteiger partial charge >= 0.3 is 0 Å². The zero-order chi connectivity index (χ0) is 15.6. The van der Waals surface area contributed by atoms with Gasteiger partial charge in [-0.05, 0) is 18.2 Å². The van der Waals surface area contributed by atoms with Crippen LogP contribution in [0.25, 0.3) is 0 Å². The third-order valence-corrected chi connectivity index (χ3v) is 6.33. The van der Waals surface area contributed by atoms with Crippen molar-refractivity contribution in [2.75, 3.05) is 32.1 Å². The van der Waals surface area contributed by atoms with Gasteiger partial charge in [0.05, 0.1) is 11.4 Å². The van der Waals surface area contributed by atoms with Gasteiger partial charge in [0.15, 0.2) is 0 Å². The molecule has 1 aromatic carbocycles. The summed E-state index contributed by atoms with van der Waals surface area (Å²) >= 11 is 3.18. The third-order valence-electron chi connectivity index (χ3n) is 2.47. The van der Waals surface area contributed by atoms with Crippen LogP contribution < -0.4 is 10.5 Å². The molecule has 0 aliphatic heterocycles. The predicted octanol–water partition coefficient (Wildman–Crippen LogP) is 0.201. The number of nitrogen functional groups attached to an aromatic ring is 1. The highest BCUT2D eigenvalue weighted by molar-refractivity contribution is 9.10. The van der Waals surface area contributed by atoms with Crippen LogP contribution >= 0.6 is 15.9 Å². The maximum Gasteiger partial charge on any atom is 0.242 e. The van der Waals surface area contributed by atoms with Crippen molar-refractivity contribution < 1.29 is 16.8 Å². The number of hydrogen-bond donors (Lipinski definition) is 2. The lowest BCUT2D eigenvalue weighted by atomic mass is 10.3. The molecule has 0 aromatic heterocycles. The Morgan fingerprint density at radius 2 is 1.85 bits per heavy atom. The Morgan fingerprint density at radius 3 is 2.35 bits per heavy atom. The van der Waals surface area contributed by atoms with Crippen molar-refractivity contribution >= 4 is 41.7 Å². The molecule has 0 amide bonds.